The highest BCUT2D eigenvalue weighted by molar-refractivity contribution is 6.29. The van der Waals surface area contributed by atoms with Crippen molar-refractivity contribution < 1.29 is 0 Å². The van der Waals surface area contributed by atoms with Gasteiger partial charge in [-0.2, -0.15) is 0 Å². The van der Waals surface area contributed by atoms with Gasteiger partial charge in [0, 0.05) is 33.9 Å². The summed E-state index contributed by atoms with van der Waals surface area (Å²) >= 11 is 0. The Bertz CT molecular complexity index is 2450. The first-order valence-corrected chi connectivity index (χ1v) is 18.7. The molecule has 0 saturated carbocycles. The van der Waals surface area contributed by atoms with Gasteiger partial charge < -0.3 is 0 Å². The van der Waals surface area contributed by atoms with Crippen LogP contribution in [-0.4, -0.2) is 9.97 Å². The van der Waals surface area contributed by atoms with Gasteiger partial charge in [-0.05, 0) is 103 Å². The third-order valence-corrected chi connectivity index (χ3v) is 11.9. The number of fused-ring (bicyclic) bond motifs is 10. The van der Waals surface area contributed by atoms with Crippen molar-refractivity contribution in [3.63, 3.8) is 0 Å². The van der Waals surface area contributed by atoms with Crippen LogP contribution in [0.3, 0.4) is 0 Å². The van der Waals surface area contributed by atoms with Gasteiger partial charge in [0.05, 0.1) is 11.0 Å². The van der Waals surface area contributed by atoms with E-state index in [1.807, 2.05) is 0 Å². The molecule has 2 heteroatoms. The number of hydrogen-bond donors (Lipinski definition) is 0. The molecule has 254 valence electrons. The van der Waals surface area contributed by atoms with E-state index in [1.165, 1.54) is 76.8 Å². The minimum atomic E-state index is 0.0496. The van der Waals surface area contributed by atoms with Gasteiger partial charge in [0.25, 0.3) is 0 Å². The molecule has 0 N–H and O–H groups in total. The van der Waals surface area contributed by atoms with Gasteiger partial charge >= 0.3 is 0 Å². The molecule has 2 aromatic heterocycles. The van der Waals surface area contributed by atoms with Crippen LogP contribution >= 0.6 is 0 Å². The predicted octanol–water partition coefficient (Wildman–Crippen LogP) is 13.3. The maximum Gasteiger partial charge on any atom is 0.0790 e. The molecule has 0 bridgehead atoms. The molecule has 0 amide bonds. The van der Waals surface area contributed by atoms with Crippen molar-refractivity contribution in [1.82, 2.24) is 9.97 Å². The molecule has 0 saturated heterocycles. The van der Waals surface area contributed by atoms with Gasteiger partial charge in [0.2, 0.25) is 0 Å². The van der Waals surface area contributed by atoms with Gasteiger partial charge in [0.1, 0.15) is 0 Å². The van der Waals surface area contributed by atoms with Crippen LogP contribution in [0, 0.1) is 5.92 Å². The van der Waals surface area contributed by atoms with Crippen molar-refractivity contribution in [3.05, 3.63) is 113 Å². The Labute approximate surface area is 298 Å². The molecule has 0 fully saturated rings. The average Bonchev–Trinajstić information content (AvgIpc) is 3.37. The summed E-state index contributed by atoms with van der Waals surface area (Å²) in [4.78, 5) is 10.9. The number of nitrogens with zero attached hydrogens (tertiary/aromatic N) is 2. The Hall–Kier alpha value is -4.30. The molecule has 2 nitrogen and oxygen atoms in total. The number of hydrogen-bond acceptors (Lipinski definition) is 2. The lowest BCUT2D eigenvalue weighted by Gasteiger charge is -2.25. The standard InChI is InChI=1S/C48H52N2/c1-12-16-30(23-28(2)3)38-32-20-22-33-41-35(45(4,5)26-47(41,8)9)24-49-43(33)39(32)37(29-17-14-13-15-18-29)31-19-21-34-42-36(25-50-44(34)40(31)38)46(6,7)27-48(42,10)11/h12-25,28H,26-27H2,1-11H3. The quantitative estimate of drug-likeness (QED) is 0.107. The van der Waals surface area contributed by atoms with Crippen LogP contribution in [0.2, 0.25) is 0 Å². The molecule has 0 spiro atoms. The largest absolute Gasteiger partial charge is 0.255 e. The smallest absolute Gasteiger partial charge is 0.0790 e. The van der Waals surface area contributed by atoms with Crippen LogP contribution in [0.4, 0.5) is 0 Å². The summed E-state index contributed by atoms with van der Waals surface area (Å²) in [6.07, 6.45) is 13.6. The van der Waals surface area contributed by atoms with Crippen LogP contribution in [0.1, 0.15) is 117 Å². The van der Waals surface area contributed by atoms with Crippen molar-refractivity contribution in [1.29, 1.82) is 0 Å². The fraction of sp³-hybridized carbons (Fsp3) is 0.375. The number of benzene rings is 4. The number of pyridine rings is 2. The van der Waals surface area contributed by atoms with E-state index in [0.717, 1.165) is 23.9 Å². The second-order valence-electron chi connectivity index (χ2n) is 18.2. The highest BCUT2D eigenvalue weighted by Crippen LogP contribution is 2.55. The van der Waals surface area contributed by atoms with Gasteiger partial charge in [-0.25, -0.2) is 0 Å². The topological polar surface area (TPSA) is 25.8 Å². The van der Waals surface area contributed by atoms with Crippen molar-refractivity contribution in [2.24, 2.45) is 5.92 Å². The van der Waals surface area contributed by atoms with Crippen molar-refractivity contribution in [2.45, 2.75) is 111 Å². The zero-order valence-corrected chi connectivity index (χ0v) is 32.0. The Kier molecular flexibility index (Phi) is 7.13. The summed E-state index contributed by atoms with van der Waals surface area (Å²) in [6.45, 7) is 25.9. The third kappa shape index (κ3) is 4.66. The zero-order valence-electron chi connectivity index (χ0n) is 32.0. The Morgan fingerprint density at radius 3 is 1.64 bits per heavy atom. The van der Waals surface area contributed by atoms with E-state index in [0.29, 0.717) is 5.92 Å². The van der Waals surface area contributed by atoms with Gasteiger partial charge in [-0.1, -0.05) is 142 Å². The van der Waals surface area contributed by atoms with Crippen LogP contribution in [0.15, 0.2) is 85.2 Å². The summed E-state index contributed by atoms with van der Waals surface area (Å²) < 4.78 is 0. The average molecular weight is 657 g/mol. The SMILES string of the molecule is CC=CC(=CC(C)C)c1c2ccc3c4c(cnc3c2c(-c2ccccc2)c2ccc3c5c(cnc3c12)C(C)(C)CC5(C)C)C(C)(C)CC4(C)C. The summed E-state index contributed by atoms with van der Waals surface area (Å²) in [5.74, 6) is 0.372. The first-order chi connectivity index (χ1) is 23.6. The summed E-state index contributed by atoms with van der Waals surface area (Å²) in [5, 5.41) is 7.53. The van der Waals surface area contributed by atoms with Crippen molar-refractivity contribution in [3.8, 4) is 11.1 Å². The van der Waals surface area contributed by atoms with E-state index in [4.69, 9.17) is 9.97 Å². The van der Waals surface area contributed by atoms with Crippen LogP contribution in [-0.2, 0) is 21.7 Å². The minimum Gasteiger partial charge on any atom is -0.255 e. The van der Waals surface area contributed by atoms with Gasteiger partial charge in [-0.3, -0.25) is 9.97 Å². The lowest BCUT2D eigenvalue weighted by Crippen LogP contribution is -2.18. The number of rotatable bonds is 4. The molecule has 2 aliphatic carbocycles. The highest BCUT2D eigenvalue weighted by Gasteiger charge is 2.45. The lowest BCUT2D eigenvalue weighted by molar-refractivity contribution is 0.403. The molecular weight excluding hydrogens is 605 g/mol. The van der Waals surface area contributed by atoms with E-state index in [9.17, 15) is 0 Å². The Morgan fingerprint density at radius 2 is 1.12 bits per heavy atom. The molecule has 4 aromatic carbocycles. The molecule has 0 aliphatic heterocycles. The molecular formula is C48H52N2. The number of allylic oxidation sites excluding steroid dienone is 4. The van der Waals surface area contributed by atoms with Crippen LogP contribution in [0.25, 0.3) is 60.1 Å². The second kappa shape index (κ2) is 10.8. The maximum absolute atomic E-state index is 5.44. The van der Waals surface area contributed by atoms with Gasteiger partial charge in [0.15, 0.2) is 0 Å². The van der Waals surface area contributed by atoms with Crippen molar-refractivity contribution >= 4 is 48.9 Å². The molecule has 6 aromatic rings. The number of aromatic nitrogens is 2. The molecule has 0 radical (unpaired) electrons. The predicted molar refractivity (Wildman–Crippen MR) is 216 cm³/mol. The molecule has 0 atom stereocenters. The summed E-state index contributed by atoms with van der Waals surface area (Å²) in [5.41, 5.74) is 13.1. The molecule has 50 heavy (non-hydrogen) atoms. The molecule has 2 aliphatic rings. The van der Waals surface area contributed by atoms with Crippen LogP contribution < -0.4 is 0 Å². The maximum atomic E-state index is 5.44. The van der Waals surface area contributed by atoms with E-state index in [-0.39, 0.29) is 21.7 Å². The monoisotopic (exact) mass is 656 g/mol. The Balaban J connectivity index is 1.66. The second-order valence-corrected chi connectivity index (χ2v) is 18.2. The molecule has 8 rings (SSSR count). The first kappa shape index (κ1) is 32.9. The summed E-state index contributed by atoms with van der Waals surface area (Å²) in [6, 6.07) is 20.6. The lowest BCUT2D eigenvalue weighted by atomic mass is 9.79. The van der Waals surface area contributed by atoms with E-state index in [2.05, 4.69) is 161 Å². The highest BCUT2D eigenvalue weighted by atomic mass is 14.7. The van der Waals surface area contributed by atoms with E-state index >= 15 is 0 Å². The van der Waals surface area contributed by atoms with Gasteiger partial charge in [-0.15, -0.1) is 0 Å². The normalized spacial score (nSPS) is 19.0. The first-order valence-electron chi connectivity index (χ1n) is 18.7. The van der Waals surface area contributed by atoms with Crippen molar-refractivity contribution in [2.75, 3.05) is 0 Å². The third-order valence-electron chi connectivity index (χ3n) is 11.9. The molecule has 2 heterocycles. The minimum absolute atomic E-state index is 0.0496. The fourth-order valence-electron chi connectivity index (χ4n) is 10.8. The molecule has 0 unspecified atom stereocenters. The fourth-order valence-corrected chi connectivity index (χ4v) is 10.8. The Morgan fingerprint density at radius 1 is 0.620 bits per heavy atom. The zero-order chi connectivity index (χ0) is 35.5. The van der Waals surface area contributed by atoms with E-state index < -0.39 is 0 Å². The van der Waals surface area contributed by atoms with Crippen LogP contribution in [0.5, 0.6) is 0 Å². The van der Waals surface area contributed by atoms with E-state index in [1.54, 1.807) is 0 Å². The summed E-state index contributed by atoms with van der Waals surface area (Å²) in [7, 11) is 0.